The van der Waals surface area contributed by atoms with E-state index in [4.69, 9.17) is 4.74 Å². The predicted molar refractivity (Wildman–Crippen MR) is 95.5 cm³/mol. The number of rotatable bonds is 5. The van der Waals surface area contributed by atoms with Gasteiger partial charge in [-0.1, -0.05) is 18.2 Å². The Bertz CT molecular complexity index is 641. The molecule has 0 aliphatic carbocycles. The van der Waals surface area contributed by atoms with E-state index in [1.54, 1.807) is 0 Å². The molecule has 7 heteroatoms. The topological polar surface area (TPSA) is 74.2 Å². The molecule has 1 saturated heterocycles. The van der Waals surface area contributed by atoms with Gasteiger partial charge in [0.05, 0.1) is 18.9 Å². The van der Waals surface area contributed by atoms with E-state index in [9.17, 15) is 9.59 Å². The molecule has 1 aromatic rings. The van der Waals surface area contributed by atoms with Gasteiger partial charge >= 0.3 is 0 Å². The van der Waals surface area contributed by atoms with Gasteiger partial charge in [0.15, 0.2) is 0 Å². The lowest BCUT2D eigenvalue weighted by Gasteiger charge is -2.29. The Hall–Kier alpha value is -2.25. The minimum Gasteiger partial charge on any atom is -0.379 e. The van der Waals surface area contributed by atoms with Crippen molar-refractivity contribution in [3.05, 3.63) is 30.3 Å². The van der Waals surface area contributed by atoms with Crippen LogP contribution in [0.1, 0.15) is 19.8 Å². The van der Waals surface area contributed by atoms with Gasteiger partial charge in [0, 0.05) is 38.5 Å². The molecule has 1 aromatic carbocycles. The maximum atomic E-state index is 12.5. The molecule has 0 bridgehead atoms. The highest BCUT2D eigenvalue weighted by atomic mass is 16.5. The average Bonchev–Trinajstić information content (AvgIpc) is 2.63. The first-order valence-corrected chi connectivity index (χ1v) is 8.70. The molecule has 3 rings (SSSR count). The van der Waals surface area contributed by atoms with Crippen molar-refractivity contribution in [1.82, 2.24) is 10.2 Å². The van der Waals surface area contributed by atoms with Crippen LogP contribution >= 0.6 is 0 Å². The van der Waals surface area contributed by atoms with Crippen LogP contribution in [0.3, 0.4) is 0 Å². The zero-order valence-electron chi connectivity index (χ0n) is 14.5. The minimum atomic E-state index is -0.200. The number of benzene rings is 1. The number of hydrogen-bond donors (Lipinski definition) is 1. The van der Waals surface area contributed by atoms with E-state index >= 15 is 0 Å². The van der Waals surface area contributed by atoms with Gasteiger partial charge < -0.3 is 10.1 Å². The van der Waals surface area contributed by atoms with Gasteiger partial charge in [-0.15, -0.1) is 0 Å². The Kier molecular flexibility index (Phi) is 5.78. The van der Waals surface area contributed by atoms with Gasteiger partial charge in [0.2, 0.25) is 5.91 Å². The second-order valence-electron chi connectivity index (χ2n) is 6.38. The number of nitrogens with one attached hydrogen (secondary N) is 1. The lowest BCUT2D eigenvalue weighted by Crippen LogP contribution is -2.48. The van der Waals surface area contributed by atoms with Crippen molar-refractivity contribution >= 4 is 23.2 Å². The van der Waals surface area contributed by atoms with Crippen molar-refractivity contribution in [1.29, 1.82) is 0 Å². The zero-order chi connectivity index (χ0) is 17.6. The van der Waals surface area contributed by atoms with Gasteiger partial charge in [-0.2, -0.15) is 5.10 Å². The van der Waals surface area contributed by atoms with Crippen molar-refractivity contribution < 1.29 is 14.3 Å². The van der Waals surface area contributed by atoms with Crippen LogP contribution in [0.25, 0.3) is 0 Å². The van der Waals surface area contributed by atoms with Crippen molar-refractivity contribution in [2.75, 3.05) is 37.9 Å². The molecule has 2 amide bonds. The monoisotopic (exact) mass is 344 g/mol. The van der Waals surface area contributed by atoms with Gasteiger partial charge in [0.1, 0.15) is 5.71 Å². The van der Waals surface area contributed by atoms with Crippen LogP contribution in [-0.2, 0) is 14.3 Å². The summed E-state index contributed by atoms with van der Waals surface area (Å²) in [6.45, 7) is 6.01. The Balaban J connectivity index is 1.61. The molecule has 0 radical (unpaired) electrons. The van der Waals surface area contributed by atoms with Crippen molar-refractivity contribution in [3.8, 4) is 0 Å². The fraction of sp³-hybridized carbons (Fsp3) is 0.500. The van der Waals surface area contributed by atoms with E-state index in [1.165, 1.54) is 5.01 Å². The minimum absolute atomic E-state index is 0.0103. The number of anilines is 1. The quantitative estimate of drug-likeness (QED) is 0.865. The first-order chi connectivity index (χ1) is 12.1. The molecule has 2 aliphatic heterocycles. The number of carbonyl (C=O) groups excluding carboxylic acids is 2. The molecule has 2 heterocycles. The summed E-state index contributed by atoms with van der Waals surface area (Å²) >= 11 is 0. The van der Waals surface area contributed by atoms with Gasteiger partial charge in [-0.3, -0.25) is 14.5 Å². The Labute approximate surface area is 147 Å². The fourth-order valence-corrected chi connectivity index (χ4v) is 3.01. The third-order valence-corrected chi connectivity index (χ3v) is 4.31. The van der Waals surface area contributed by atoms with Crippen LogP contribution in [0, 0.1) is 0 Å². The standard InChI is InChI=1S/C18H24N4O3/c1-14(13-21-9-11-25-12-10-21)19-18(24)16-7-8-17(23)22(20-16)15-5-3-2-4-6-15/h2-6,14H,7-13H2,1H3,(H,19,24)/t14-/m1/s1. The third kappa shape index (κ3) is 4.64. The number of para-hydroxylation sites is 1. The smallest absolute Gasteiger partial charge is 0.267 e. The van der Waals surface area contributed by atoms with Gasteiger partial charge in [-0.05, 0) is 19.1 Å². The lowest BCUT2D eigenvalue weighted by molar-refractivity contribution is -0.119. The Morgan fingerprint density at radius 2 is 1.96 bits per heavy atom. The summed E-state index contributed by atoms with van der Waals surface area (Å²) in [6, 6.07) is 9.19. The number of hydrogen-bond acceptors (Lipinski definition) is 5. The molecule has 1 N–H and O–H groups in total. The number of nitrogens with zero attached hydrogens (tertiary/aromatic N) is 3. The number of morpholine rings is 1. The molecule has 0 aromatic heterocycles. The van der Waals surface area contributed by atoms with Gasteiger partial charge in [0.25, 0.3) is 5.91 Å². The summed E-state index contributed by atoms with van der Waals surface area (Å²) in [5, 5.41) is 8.61. The summed E-state index contributed by atoms with van der Waals surface area (Å²) in [5.41, 5.74) is 1.08. The second kappa shape index (κ2) is 8.22. The molecule has 1 fully saturated rings. The van der Waals surface area contributed by atoms with Crippen LogP contribution in [0.15, 0.2) is 35.4 Å². The van der Waals surface area contributed by atoms with Crippen molar-refractivity contribution in [3.63, 3.8) is 0 Å². The SMILES string of the molecule is C[C@H](CN1CCOCC1)NC(=O)C1=NN(c2ccccc2)C(=O)CC1. The largest absolute Gasteiger partial charge is 0.379 e. The number of hydrazone groups is 1. The third-order valence-electron chi connectivity index (χ3n) is 4.31. The molecule has 25 heavy (non-hydrogen) atoms. The average molecular weight is 344 g/mol. The lowest BCUT2D eigenvalue weighted by atomic mass is 10.1. The van der Waals surface area contributed by atoms with Crippen LogP contribution in [0.5, 0.6) is 0 Å². The van der Waals surface area contributed by atoms with Crippen LogP contribution in [0.4, 0.5) is 5.69 Å². The predicted octanol–water partition coefficient (Wildman–Crippen LogP) is 1.01. The van der Waals surface area contributed by atoms with E-state index < -0.39 is 0 Å². The summed E-state index contributed by atoms with van der Waals surface area (Å²) < 4.78 is 5.34. The Morgan fingerprint density at radius 1 is 1.24 bits per heavy atom. The summed E-state index contributed by atoms with van der Waals surface area (Å²) in [4.78, 5) is 26.9. The molecule has 2 aliphatic rings. The first kappa shape index (κ1) is 17.6. The highest BCUT2D eigenvalue weighted by Crippen LogP contribution is 2.19. The number of amides is 2. The van der Waals surface area contributed by atoms with E-state index in [0.717, 1.165) is 32.8 Å². The first-order valence-electron chi connectivity index (χ1n) is 8.70. The molecule has 0 spiro atoms. The maximum Gasteiger partial charge on any atom is 0.267 e. The molecular formula is C18H24N4O3. The summed E-state index contributed by atoms with van der Waals surface area (Å²) in [5.74, 6) is -0.293. The molecule has 0 saturated carbocycles. The summed E-state index contributed by atoms with van der Waals surface area (Å²) in [7, 11) is 0. The number of carbonyl (C=O) groups is 2. The van der Waals surface area contributed by atoms with Gasteiger partial charge in [-0.25, -0.2) is 5.01 Å². The second-order valence-corrected chi connectivity index (χ2v) is 6.38. The van der Waals surface area contributed by atoms with Crippen LogP contribution in [-0.4, -0.2) is 61.3 Å². The normalized spacial score (nSPS) is 20.1. The fourth-order valence-electron chi connectivity index (χ4n) is 3.01. The van der Waals surface area contributed by atoms with E-state index in [2.05, 4.69) is 15.3 Å². The van der Waals surface area contributed by atoms with Crippen molar-refractivity contribution in [2.24, 2.45) is 5.10 Å². The highest BCUT2D eigenvalue weighted by Gasteiger charge is 2.26. The molecular weight excluding hydrogens is 320 g/mol. The highest BCUT2D eigenvalue weighted by molar-refractivity contribution is 6.40. The van der Waals surface area contributed by atoms with Crippen molar-refractivity contribution in [2.45, 2.75) is 25.8 Å². The zero-order valence-corrected chi connectivity index (χ0v) is 14.5. The van der Waals surface area contributed by atoms with E-state index in [1.807, 2.05) is 37.3 Å². The number of ether oxygens (including phenoxy) is 1. The van der Waals surface area contributed by atoms with E-state index in [-0.39, 0.29) is 17.9 Å². The summed E-state index contributed by atoms with van der Waals surface area (Å²) in [6.07, 6.45) is 0.664. The maximum absolute atomic E-state index is 12.5. The van der Waals surface area contributed by atoms with Crippen LogP contribution in [0.2, 0.25) is 0 Å². The molecule has 7 nitrogen and oxygen atoms in total. The van der Waals surface area contributed by atoms with Crippen LogP contribution < -0.4 is 10.3 Å². The molecule has 134 valence electrons. The molecule has 1 atom stereocenters. The van der Waals surface area contributed by atoms with E-state index in [0.29, 0.717) is 24.2 Å². The molecule has 0 unspecified atom stereocenters. The Morgan fingerprint density at radius 3 is 2.68 bits per heavy atom.